The number of piperidine rings is 1. The van der Waals surface area contributed by atoms with Crippen LogP contribution in [0, 0.1) is 0 Å². The average molecular weight is 299 g/mol. The predicted octanol–water partition coefficient (Wildman–Crippen LogP) is 2.09. The number of amides is 1. The van der Waals surface area contributed by atoms with E-state index in [4.69, 9.17) is 16.3 Å². The Bertz CT molecular complexity index is 513. The topological polar surface area (TPSA) is 32.8 Å². The molecular weight excluding hydrogens is 284 g/mol. The Morgan fingerprint density at radius 1 is 1.42 bits per heavy atom. The first-order valence-corrected chi connectivity index (χ1v) is 6.98. The summed E-state index contributed by atoms with van der Waals surface area (Å²) in [6.45, 7) is 1.66. The molecule has 2 bridgehead atoms. The number of piperazine rings is 1. The number of methoxy groups -OCH3 is 1. The number of benzene rings is 1. The van der Waals surface area contributed by atoms with Crippen LogP contribution in [0.1, 0.15) is 16.8 Å². The maximum atomic E-state index is 12.5. The molecule has 2 atom stereocenters. The van der Waals surface area contributed by atoms with E-state index in [0.717, 1.165) is 19.5 Å². The first-order valence-electron chi connectivity index (χ1n) is 6.20. The summed E-state index contributed by atoms with van der Waals surface area (Å²) in [5, 5.41) is 0.467. The van der Waals surface area contributed by atoms with Crippen LogP contribution in [0.15, 0.2) is 18.2 Å². The van der Waals surface area contributed by atoms with Crippen molar-refractivity contribution in [3.63, 3.8) is 0 Å². The zero-order chi connectivity index (χ0) is 13.6. The van der Waals surface area contributed by atoms with E-state index in [1.54, 1.807) is 25.3 Å². The van der Waals surface area contributed by atoms with E-state index in [-0.39, 0.29) is 18.0 Å². The number of carbonyl (C=O) groups excluding carboxylic acids is 1. The molecule has 1 aromatic rings. The van der Waals surface area contributed by atoms with E-state index in [9.17, 15) is 4.79 Å². The summed E-state index contributed by atoms with van der Waals surface area (Å²) in [6, 6.07) is 5.74. The molecule has 4 nitrogen and oxygen atoms in total. The molecule has 2 unspecified atom stereocenters. The molecule has 19 heavy (non-hydrogen) atoms. The van der Waals surface area contributed by atoms with Crippen molar-refractivity contribution in [3.05, 3.63) is 28.8 Å². The molecule has 6 heteroatoms. The second-order valence-electron chi connectivity index (χ2n) is 4.98. The maximum absolute atomic E-state index is 12.5. The van der Waals surface area contributed by atoms with Crippen molar-refractivity contribution in [2.75, 3.05) is 20.2 Å². The lowest BCUT2D eigenvalue weighted by atomic mass is 9.88. The summed E-state index contributed by atoms with van der Waals surface area (Å²) in [6.07, 6.45) is 1.08. The number of likely N-dealkylation sites (tertiary alicyclic amines) is 1. The summed E-state index contributed by atoms with van der Waals surface area (Å²) in [4.78, 5) is 14.4. The van der Waals surface area contributed by atoms with Crippen LogP contribution in [0.2, 0.25) is 5.02 Å². The van der Waals surface area contributed by atoms with E-state index < -0.39 is 0 Å². The lowest BCUT2D eigenvalue weighted by Crippen LogP contribution is -2.68. The third-order valence-corrected chi connectivity index (χ3v) is 4.43. The Morgan fingerprint density at radius 3 is 2.68 bits per heavy atom. The minimum absolute atomic E-state index is 0.0484. The SMILES string of the molecule is COc1ccc(C(=O)N2C3CC2CN(S)C3)cc1Cl. The standard InChI is InChI=1S/C13H15ClN2O2S/c1-18-12-3-2-8(4-11(12)14)13(17)16-9-5-10(16)7-15(19)6-9/h2-4,9-10,19H,5-7H2,1H3. The van der Waals surface area contributed by atoms with Crippen LogP contribution in [0.5, 0.6) is 5.75 Å². The smallest absolute Gasteiger partial charge is 0.254 e. The van der Waals surface area contributed by atoms with Gasteiger partial charge < -0.3 is 9.64 Å². The molecule has 0 aromatic heterocycles. The number of hydrogen-bond acceptors (Lipinski definition) is 4. The highest BCUT2D eigenvalue weighted by Crippen LogP contribution is 2.35. The molecule has 2 saturated heterocycles. The van der Waals surface area contributed by atoms with Crippen LogP contribution < -0.4 is 4.74 Å². The van der Waals surface area contributed by atoms with Gasteiger partial charge in [0.1, 0.15) is 5.75 Å². The molecule has 1 aromatic carbocycles. The summed E-state index contributed by atoms with van der Waals surface area (Å²) in [5.74, 6) is 0.635. The Balaban J connectivity index is 1.80. The molecule has 0 N–H and O–H groups in total. The van der Waals surface area contributed by atoms with Gasteiger partial charge in [0.2, 0.25) is 0 Å². The van der Waals surface area contributed by atoms with Gasteiger partial charge in [-0.1, -0.05) is 24.4 Å². The third-order valence-electron chi connectivity index (χ3n) is 3.81. The Hall–Kier alpha value is -0.910. The van der Waals surface area contributed by atoms with Crippen molar-refractivity contribution in [2.45, 2.75) is 18.5 Å². The second-order valence-corrected chi connectivity index (χ2v) is 5.95. The van der Waals surface area contributed by atoms with Crippen molar-refractivity contribution in [2.24, 2.45) is 0 Å². The number of fused-ring (bicyclic) bond motifs is 2. The van der Waals surface area contributed by atoms with Gasteiger partial charge in [-0.25, -0.2) is 4.31 Å². The van der Waals surface area contributed by atoms with Gasteiger partial charge in [-0.3, -0.25) is 4.79 Å². The summed E-state index contributed by atoms with van der Waals surface area (Å²) in [5.41, 5.74) is 0.619. The fourth-order valence-electron chi connectivity index (χ4n) is 2.87. The first-order chi connectivity index (χ1) is 9.10. The number of nitrogens with zero attached hydrogens (tertiary/aromatic N) is 2. The molecule has 102 valence electrons. The molecule has 0 radical (unpaired) electrons. The molecule has 1 amide bonds. The lowest BCUT2D eigenvalue weighted by molar-refractivity contribution is -0.0217. The van der Waals surface area contributed by atoms with Crippen LogP contribution in [0.4, 0.5) is 0 Å². The fourth-order valence-corrected chi connectivity index (χ4v) is 3.50. The minimum Gasteiger partial charge on any atom is -0.495 e. The van der Waals surface area contributed by atoms with Crippen molar-refractivity contribution >= 4 is 30.3 Å². The number of carbonyl (C=O) groups is 1. The molecule has 2 aliphatic heterocycles. The Labute approximate surface area is 122 Å². The number of hydrogen-bond donors (Lipinski definition) is 1. The third kappa shape index (κ3) is 2.20. The highest BCUT2D eigenvalue weighted by molar-refractivity contribution is 7.77. The van der Waals surface area contributed by atoms with Gasteiger partial charge >= 0.3 is 0 Å². The van der Waals surface area contributed by atoms with Crippen LogP contribution in [0.3, 0.4) is 0 Å². The van der Waals surface area contributed by atoms with E-state index >= 15 is 0 Å². The van der Waals surface area contributed by atoms with Crippen molar-refractivity contribution in [3.8, 4) is 5.75 Å². The molecular formula is C13H15ClN2O2S. The van der Waals surface area contributed by atoms with Gasteiger partial charge in [0, 0.05) is 30.7 Å². The summed E-state index contributed by atoms with van der Waals surface area (Å²) >= 11 is 10.4. The van der Waals surface area contributed by atoms with Gasteiger partial charge in [0.15, 0.2) is 0 Å². The molecule has 2 aliphatic rings. The van der Waals surface area contributed by atoms with E-state index in [0.29, 0.717) is 16.3 Å². The number of halogens is 1. The quantitative estimate of drug-likeness (QED) is 0.849. The highest BCUT2D eigenvalue weighted by atomic mass is 35.5. The van der Waals surface area contributed by atoms with Crippen molar-refractivity contribution in [1.29, 1.82) is 0 Å². The molecule has 2 heterocycles. The minimum atomic E-state index is 0.0484. The van der Waals surface area contributed by atoms with Crippen molar-refractivity contribution in [1.82, 2.24) is 9.21 Å². The Morgan fingerprint density at radius 2 is 2.11 bits per heavy atom. The zero-order valence-electron chi connectivity index (χ0n) is 10.5. The molecule has 3 rings (SSSR count). The van der Waals surface area contributed by atoms with Crippen LogP contribution in [0.25, 0.3) is 0 Å². The maximum Gasteiger partial charge on any atom is 0.254 e. The highest BCUT2D eigenvalue weighted by Gasteiger charge is 2.46. The van der Waals surface area contributed by atoms with Crippen molar-refractivity contribution < 1.29 is 9.53 Å². The summed E-state index contributed by atoms with van der Waals surface area (Å²) in [7, 11) is 1.56. The largest absolute Gasteiger partial charge is 0.495 e. The van der Waals surface area contributed by atoms with Crippen LogP contribution in [-0.4, -0.2) is 47.4 Å². The molecule has 0 saturated carbocycles. The number of thiol groups is 1. The van der Waals surface area contributed by atoms with E-state index in [2.05, 4.69) is 12.8 Å². The second kappa shape index (κ2) is 4.89. The van der Waals surface area contributed by atoms with Crippen LogP contribution in [-0.2, 0) is 0 Å². The first kappa shape index (κ1) is 13.1. The number of rotatable bonds is 2. The van der Waals surface area contributed by atoms with Gasteiger partial charge in [0.25, 0.3) is 5.91 Å². The fraction of sp³-hybridized carbons (Fsp3) is 0.462. The number of ether oxygens (including phenoxy) is 1. The molecule has 0 spiro atoms. The van der Waals surface area contributed by atoms with E-state index in [1.165, 1.54) is 0 Å². The Kier molecular flexibility index (Phi) is 3.37. The van der Waals surface area contributed by atoms with Gasteiger partial charge in [-0.05, 0) is 24.6 Å². The average Bonchev–Trinajstić information content (AvgIpc) is 2.38. The predicted molar refractivity (Wildman–Crippen MR) is 76.9 cm³/mol. The van der Waals surface area contributed by atoms with Gasteiger partial charge in [-0.2, -0.15) is 0 Å². The molecule has 0 aliphatic carbocycles. The monoisotopic (exact) mass is 298 g/mol. The normalized spacial score (nSPS) is 25.9. The summed E-state index contributed by atoms with van der Waals surface area (Å²) < 4.78 is 7.07. The zero-order valence-corrected chi connectivity index (χ0v) is 12.2. The van der Waals surface area contributed by atoms with Gasteiger partial charge in [-0.15, -0.1) is 0 Å². The lowest BCUT2D eigenvalue weighted by Gasteiger charge is -2.55. The van der Waals surface area contributed by atoms with E-state index in [1.807, 2.05) is 9.21 Å². The molecule has 2 fully saturated rings. The van der Waals surface area contributed by atoms with Gasteiger partial charge in [0.05, 0.1) is 12.1 Å². The van der Waals surface area contributed by atoms with Crippen LogP contribution >= 0.6 is 24.4 Å².